The first-order valence-electron chi connectivity index (χ1n) is 5.57. The number of rotatable bonds is 3. The molecule has 1 aromatic rings. The van der Waals surface area contributed by atoms with Gasteiger partial charge < -0.3 is 15.0 Å². The molecule has 5 heteroatoms. The number of aromatic nitrogens is 2. The summed E-state index contributed by atoms with van der Waals surface area (Å²) in [6.07, 6.45) is 7.08. The second-order valence-electron chi connectivity index (χ2n) is 4.52. The van der Waals surface area contributed by atoms with E-state index in [0.717, 1.165) is 25.7 Å². The van der Waals surface area contributed by atoms with Gasteiger partial charge in [-0.05, 0) is 12.8 Å². The average molecular weight is 223 g/mol. The molecule has 1 amide bonds. The number of carbonyl (C=O) groups is 1. The minimum absolute atomic E-state index is 0.00553. The monoisotopic (exact) mass is 223 g/mol. The van der Waals surface area contributed by atoms with Gasteiger partial charge in [-0.2, -0.15) is 0 Å². The van der Waals surface area contributed by atoms with Crippen molar-refractivity contribution in [2.75, 3.05) is 6.61 Å². The Balaban J connectivity index is 2.06. The van der Waals surface area contributed by atoms with E-state index in [9.17, 15) is 9.90 Å². The van der Waals surface area contributed by atoms with Crippen LogP contribution in [0.3, 0.4) is 0 Å². The van der Waals surface area contributed by atoms with Gasteiger partial charge in [-0.3, -0.25) is 4.79 Å². The predicted octanol–water partition coefficient (Wildman–Crippen LogP) is 0.455. The highest BCUT2D eigenvalue weighted by atomic mass is 16.3. The standard InChI is InChI=1S/C11H17N3O2/c1-14-6-9(12-8-14)10(16)13-11(7-15)4-2-3-5-11/h6,8,15H,2-5,7H2,1H3,(H,13,16). The summed E-state index contributed by atoms with van der Waals surface area (Å²) in [5, 5.41) is 12.3. The van der Waals surface area contributed by atoms with Gasteiger partial charge >= 0.3 is 0 Å². The average Bonchev–Trinajstić information content (AvgIpc) is 2.88. The van der Waals surface area contributed by atoms with Gasteiger partial charge in [-0.25, -0.2) is 4.98 Å². The number of hydrogen-bond donors (Lipinski definition) is 2. The summed E-state index contributed by atoms with van der Waals surface area (Å²) in [6, 6.07) is 0. The molecule has 0 saturated heterocycles. The molecule has 1 saturated carbocycles. The highest BCUT2D eigenvalue weighted by molar-refractivity contribution is 5.92. The van der Waals surface area contributed by atoms with Crippen molar-refractivity contribution >= 4 is 5.91 Å². The SMILES string of the molecule is Cn1cnc(C(=O)NC2(CO)CCCC2)c1. The van der Waals surface area contributed by atoms with Crippen molar-refractivity contribution in [2.45, 2.75) is 31.2 Å². The summed E-state index contributed by atoms with van der Waals surface area (Å²) < 4.78 is 1.73. The summed E-state index contributed by atoms with van der Waals surface area (Å²) >= 11 is 0. The molecular weight excluding hydrogens is 206 g/mol. The van der Waals surface area contributed by atoms with Gasteiger partial charge in [-0.1, -0.05) is 12.8 Å². The normalized spacial score (nSPS) is 18.6. The lowest BCUT2D eigenvalue weighted by atomic mass is 9.99. The van der Waals surface area contributed by atoms with Crippen LogP contribution in [0.25, 0.3) is 0 Å². The van der Waals surface area contributed by atoms with Crippen LogP contribution in [0.1, 0.15) is 36.2 Å². The first-order valence-corrected chi connectivity index (χ1v) is 5.57. The van der Waals surface area contributed by atoms with E-state index in [1.165, 1.54) is 0 Å². The van der Waals surface area contributed by atoms with E-state index in [-0.39, 0.29) is 12.5 Å². The van der Waals surface area contributed by atoms with Gasteiger partial charge in [0.25, 0.3) is 5.91 Å². The van der Waals surface area contributed by atoms with Crippen molar-refractivity contribution in [3.05, 3.63) is 18.2 Å². The molecule has 0 bridgehead atoms. The second-order valence-corrected chi connectivity index (χ2v) is 4.52. The molecule has 0 aliphatic heterocycles. The van der Waals surface area contributed by atoms with E-state index < -0.39 is 5.54 Å². The van der Waals surface area contributed by atoms with Crippen molar-refractivity contribution in [1.29, 1.82) is 0 Å². The van der Waals surface area contributed by atoms with Gasteiger partial charge in [-0.15, -0.1) is 0 Å². The second kappa shape index (κ2) is 4.25. The molecule has 16 heavy (non-hydrogen) atoms. The molecule has 1 aliphatic rings. The number of amides is 1. The maximum absolute atomic E-state index is 11.9. The Morgan fingerprint density at radius 2 is 2.31 bits per heavy atom. The summed E-state index contributed by atoms with van der Waals surface area (Å²) in [6.45, 7) is 0.00553. The Hall–Kier alpha value is -1.36. The fourth-order valence-corrected chi connectivity index (χ4v) is 2.21. The third-order valence-electron chi connectivity index (χ3n) is 3.18. The van der Waals surface area contributed by atoms with Gasteiger partial charge in [0.2, 0.25) is 0 Å². The molecule has 0 spiro atoms. The molecule has 1 aromatic heterocycles. The minimum Gasteiger partial charge on any atom is -0.394 e. The largest absolute Gasteiger partial charge is 0.394 e. The van der Waals surface area contributed by atoms with Crippen LogP contribution in [0.2, 0.25) is 0 Å². The number of imidazole rings is 1. The highest BCUT2D eigenvalue weighted by Crippen LogP contribution is 2.29. The van der Waals surface area contributed by atoms with Gasteiger partial charge in [0, 0.05) is 13.2 Å². The lowest BCUT2D eigenvalue weighted by Gasteiger charge is -2.27. The number of aliphatic hydroxyl groups excluding tert-OH is 1. The number of hydrogen-bond acceptors (Lipinski definition) is 3. The Labute approximate surface area is 94.5 Å². The van der Waals surface area contributed by atoms with Gasteiger partial charge in [0.15, 0.2) is 0 Å². The summed E-state index contributed by atoms with van der Waals surface area (Å²) in [5.41, 5.74) is -0.0172. The summed E-state index contributed by atoms with van der Waals surface area (Å²) in [4.78, 5) is 15.9. The minimum atomic E-state index is -0.422. The fourth-order valence-electron chi connectivity index (χ4n) is 2.21. The van der Waals surface area contributed by atoms with Crippen LogP contribution in [0.4, 0.5) is 0 Å². The number of carbonyl (C=O) groups excluding carboxylic acids is 1. The van der Waals surface area contributed by atoms with Crippen LogP contribution in [-0.4, -0.2) is 32.7 Å². The third-order valence-corrected chi connectivity index (χ3v) is 3.18. The Bertz CT molecular complexity index is 380. The van der Waals surface area contributed by atoms with Crippen molar-refractivity contribution < 1.29 is 9.90 Å². The lowest BCUT2D eigenvalue weighted by molar-refractivity contribution is 0.0834. The van der Waals surface area contributed by atoms with Crippen LogP contribution >= 0.6 is 0 Å². The molecule has 1 fully saturated rings. The van der Waals surface area contributed by atoms with Crippen molar-refractivity contribution in [2.24, 2.45) is 7.05 Å². The fraction of sp³-hybridized carbons (Fsp3) is 0.636. The highest BCUT2D eigenvalue weighted by Gasteiger charge is 2.35. The molecule has 1 aliphatic carbocycles. The summed E-state index contributed by atoms with van der Waals surface area (Å²) in [5.74, 6) is -0.198. The Kier molecular flexibility index (Phi) is 2.96. The maximum atomic E-state index is 11.9. The van der Waals surface area contributed by atoms with E-state index in [2.05, 4.69) is 10.3 Å². The van der Waals surface area contributed by atoms with Gasteiger partial charge in [0.05, 0.1) is 18.5 Å². The van der Waals surface area contributed by atoms with Crippen molar-refractivity contribution in [3.8, 4) is 0 Å². The van der Waals surface area contributed by atoms with Crippen LogP contribution in [0.5, 0.6) is 0 Å². The molecule has 0 aromatic carbocycles. The number of aryl methyl sites for hydroxylation is 1. The molecule has 2 rings (SSSR count). The zero-order chi connectivity index (χ0) is 11.6. The molecule has 0 unspecified atom stereocenters. The van der Waals surface area contributed by atoms with E-state index in [1.807, 2.05) is 7.05 Å². The first-order chi connectivity index (χ1) is 7.65. The number of nitrogens with zero attached hydrogens (tertiary/aromatic N) is 2. The van der Waals surface area contributed by atoms with Crippen LogP contribution in [0.15, 0.2) is 12.5 Å². The van der Waals surface area contributed by atoms with Crippen molar-refractivity contribution in [3.63, 3.8) is 0 Å². The van der Waals surface area contributed by atoms with Crippen LogP contribution in [-0.2, 0) is 7.05 Å². The molecule has 0 radical (unpaired) electrons. The smallest absolute Gasteiger partial charge is 0.271 e. The van der Waals surface area contributed by atoms with E-state index in [0.29, 0.717) is 5.69 Å². The van der Waals surface area contributed by atoms with E-state index in [4.69, 9.17) is 0 Å². The number of aliphatic hydroxyl groups is 1. The predicted molar refractivity (Wildman–Crippen MR) is 59.0 cm³/mol. The van der Waals surface area contributed by atoms with Gasteiger partial charge in [0.1, 0.15) is 5.69 Å². The molecule has 0 atom stereocenters. The Morgan fingerprint density at radius 1 is 1.62 bits per heavy atom. The summed E-state index contributed by atoms with van der Waals surface area (Å²) in [7, 11) is 1.82. The first kappa shape index (κ1) is 11.1. The Morgan fingerprint density at radius 3 is 2.81 bits per heavy atom. The zero-order valence-electron chi connectivity index (χ0n) is 9.44. The zero-order valence-corrected chi connectivity index (χ0v) is 9.44. The maximum Gasteiger partial charge on any atom is 0.271 e. The molecule has 88 valence electrons. The van der Waals surface area contributed by atoms with E-state index >= 15 is 0 Å². The lowest BCUT2D eigenvalue weighted by Crippen LogP contribution is -2.49. The quantitative estimate of drug-likeness (QED) is 0.782. The van der Waals surface area contributed by atoms with Crippen LogP contribution in [0, 0.1) is 0 Å². The molecule has 2 N–H and O–H groups in total. The third kappa shape index (κ3) is 2.09. The van der Waals surface area contributed by atoms with Crippen molar-refractivity contribution in [1.82, 2.24) is 14.9 Å². The van der Waals surface area contributed by atoms with Crippen LogP contribution < -0.4 is 5.32 Å². The molecule has 1 heterocycles. The number of nitrogens with one attached hydrogen (secondary N) is 1. The van der Waals surface area contributed by atoms with E-state index in [1.54, 1.807) is 17.1 Å². The molecule has 5 nitrogen and oxygen atoms in total. The molecular formula is C11H17N3O2. The topological polar surface area (TPSA) is 67.2 Å².